The monoisotopic (exact) mass is 571 g/mol. The van der Waals surface area contributed by atoms with E-state index < -0.39 is 20.7 Å². The molecule has 5 aromatic rings. The van der Waals surface area contributed by atoms with E-state index in [1.54, 1.807) is 146 Å². The first-order chi connectivity index (χ1) is 19.5. The molecule has 0 spiro atoms. The van der Waals surface area contributed by atoms with Gasteiger partial charge in [-0.1, -0.05) is 91.0 Å². The van der Waals surface area contributed by atoms with Crippen molar-refractivity contribution in [2.75, 3.05) is 5.32 Å². The van der Waals surface area contributed by atoms with Gasteiger partial charge in [-0.3, -0.25) is 0 Å². The second-order valence-corrected chi connectivity index (χ2v) is 12.9. The van der Waals surface area contributed by atoms with Crippen LogP contribution in [0.5, 0.6) is 23.0 Å². The lowest BCUT2D eigenvalue weighted by Crippen LogP contribution is -2.29. The summed E-state index contributed by atoms with van der Waals surface area (Å²) in [6.45, 7) is 0. The fourth-order valence-corrected chi connectivity index (χ4v) is 8.47. The molecule has 0 aromatic heterocycles. The van der Waals surface area contributed by atoms with Crippen LogP contribution >= 0.6 is 15.2 Å². The Kier molecular flexibility index (Phi) is 8.56. The maximum absolute atomic E-state index is 15.0. The highest BCUT2D eigenvalue weighted by Crippen LogP contribution is 2.68. The largest absolute Gasteiger partial charge is 0.467 e. The first-order valence-electron chi connectivity index (χ1n) is 12.5. The van der Waals surface area contributed by atoms with Crippen molar-refractivity contribution < 1.29 is 27.2 Å². The van der Waals surface area contributed by atoms with E-state index in [0.717, 1.165) is 0 Å². The van der Waals surface area contributed by atoms with Gasteiger partial charge in [-0.25, -0.2) is 9.13 Å². The predicted octanol–water partition coefficient (Wildman–Crippen LogP) is 9.08. The topological polar surface area (TPSA) is 83.1 Å². The lowest BCUT2D eigenvalue weighted by Gasteiger charge is -2.33. The molecule has 0 saturated carbocycles. The van der Waals surface area contributed by atoms with E-state index in [-0.39, 0.29) is 23.0 Å². The van der Waals surface area contributed by atoms with Crippen LogP contribution in [0.4, 0.5) is 5.69 Å². The van der Waals surface area contributed by atoms with Crippen LogP contribution in [-0.2, 0) is 9.13 Å². The van der Waals surface area contributed by atoms with Gasteiger partial charge in [-0.05, 0) is 60.7 Å². The first-order valence-corrected chi connectivity index (χ1v) is 15.7. The van der Waals surface area contributed by atoms with E-state index in [2.05, 4.69) is 5.32 Å². The van der Waals surface area contributed by atoms with Crippen LogP contribution in [0.2, 0.25) is 0 Å². The average Bonchev–Trinajstić information content (AvgIpc) is 2.98. The second-order valence-electron chi connectivity index (χ2n) is 8.58. The van der Waals surface area contributed by atoms with Crippen molar-refractivity contribution in [3.8, 4) is 23.0 Å². The molecule has 0 unspecified atom stereocenters. The Morgan fingerprint density at radius 2 is 0.650 bits per heavy atom. The Bertz CT molecular complexity index is 1380. The van der Waals surface area contributed by atoms with Gasteiger partial charge < -0.3 is 23.4 Å². The lowest BCUT2D eigenvalue weighted by atomic mass is 10.3. The number of benzene rings is 5. The number of hydrogen-bond donors (Lipinski definition) is 1. The fourth-order valence-electron chi connectivity index (χ4n) is 3.76. The molecule has 0 fully saturated rings. The van der Waals surface area contributed by atoms with E-state index in [4.69, 9.17) is 18.1 Å². The van der Waals surface area contributed by atoms with Crippen LogP contribution in [-0.4, -0.2) is 5.52 Å². The van der Waals surface area contributed by atoms with Crippen molar-refractivity contribution in [2.24, 2.45) is 0 Å². The predicted molar refractivity (Wildman–Crippen MR) is 157 cm³/mol. The highest BCUT2D eigenvalue weighted by molar-refractivity contribution is 7.73. The van der Waals surface area contributed by atoms with Crippen LogP contribution in [0.1, 0.15) is 0 Å². The van der Waals surface area contributed by atoms with Crippen molar-refractivity contribution in [2.45, 2.75) is 5.52 Å². The summed E-state index contributed by atoms with van der Waals surface area (Å²) in [5, 5.41) is 3.11. The number of para-hydroxylation sites is 5. The van der Waals surface area contributed by atoms with E-state index in [1.807, 2.05) is 6.07 Å². The zero-order valence-electron chi connectivity index (χ0n) is 21.4. The average molecular weight is 572 g/mol. The van der Waals surface area contributed by atoms with Crippen LogP contribution in [0, 0.1) is 0 Å². The Balaban J connectivity index is 1.67. The van der Waals surface area contributed by atoms with Crippen molar-refractivity contribution in [1.29, 1.82) is 0 Å². The molecule has 0 aliphatic heterocycles. The highest BCUT2D eigenvalue weighted by Gasteiger charge is 2.56. The molecular weight excluding hydrogens is 544 g/mol. The van der Waals surface area contributed by atoms with Gasteiger partial charge in [0.1, 0.15) is 23.0 Å². The molecule has 0 saturated heterocycles. The zero-order valence-corrected chi connectivity index (χ0v) is 23.1. The third-order valence-electron chi connectivity index (χ3n) is 5.57. The summed E-state index contributed by atoms with van der Waals surface area (Å²) in [6, 6.07) is 43.2. The smallest absolute Gasteiger partial charge is 0.414 e. The second kappa shape index (κ2) is 12.6. The molecular formula is C31H27NO6P2. The maximum atomic E-state index is 15.0. The van der Waals surface area contributed by atoms with Crippen LogP contribution in [0.15, 0.2) is 152 Å². The number of rotatable bonds is 12. The molecule has 0 amide bonds. The standard InChI is InChI=1S/C31H27NO6P2/c33-39(35-27-18-8-2-9-19-27,36-28-20-10-3-11-21-28)31(32-26-16-6-1-7-17-26)40(34,37-29-22-12-4-13-23-29)38-30-24-14-5-15-25-30/h1-25,31-32H. The Hall–Kier alpha value is -4.44. The summed E-state index contributed by atoms with van der Waals surface area (Å²) in [7, 11) is -8.92. The van der Waals surface area contributed by atoms with Crippen LogP contribution < -0.4 is 23.4 Å². The molecule has 5 rings (SSSR count). The summed E-state index contributed by atoms with van der Waals surface area (Å²) in [6.07, 6.45) is 0. The molecule has 40 heavy (non-hydrogen) atoms. The van der Waals surface area contributed by atoms with Gasteiger partial charge in [0.2, 0.25) is 0 Å². The number of hydrogen-bond acceptors (Lipinski definition) is 7. The van der Waals surface area contributed by atoms with Crippen LogP contribution in [0.25, 0.3) is 0 Å². The van der Waals surface area contributed by atoms with Gasteiger partial charge in [0.05, 0.1) is 0 Å². The molecule has 1 N–H and O–H groups in total. The van der Waals surface area contributed by atoms with Crippen molar-refractivity contribution >= 4 is 20.9 Å². The molecule has 0 atom stereocenters. The minimum absolute atomic E-state index is 0.257. The third-order valence-corrected chi connectivity index (χ3v) is 10.6. The van der Waals surface area contributed by atoms with Crippen molar-refractivity contribution in [1.82, 2.24) is 0 Å². The van der Waals surface area contributed by atoms with E-state index >= 15 is 9.13 Å². The SMILES string of the molecule is O=P(Oc1ccccc1)(Oc1ccccc1)C(Nc1ccccc1)P(=O)(Oc1ccccc1)Oc1ccccc1. The lowest BCUT2D eigenvalue weighted by molar-refractivity contribution is 0.358. The molecule has 0 heterocycles. The van der Waals surface area contributed by atoms with Gasteiger partial charge in [-0.2, -0.15) is 0 Å². The van der Waals surface area contributed by atoms with Crippen molar-refractivity contribution in [3.63, 3.8) is 0 Å². The van der Waals surface area contributed by atoms with Gasteiger partial charge in [-0.15, -0.1) is 0 Å². The van der Waals surface area contributed by atoms with Gasteiger partial charge in [0.15, 0.2) is 0 Å². The first kappa shape index (κ1) is 27.1. The molecule has 7 nitrogen and oxygen atoms in total. The maximum Gasteiger partial charge on any atom is 0.467 e. The number of anilines is 1. The third kappa shape index (κ3) is 6.95. The molecule has 0 radical (unpaired) electrons. The minimum atomic E-state index is -4.46. The normalized spacial score (nSPS) is 11.4. The van der Waals surface area contributed by atoms with E-state index in [0.29, 0.717) is 5.69 Å². The highest BCUT2D eigenvalue weighted by atomic mass is 31.2. The van der Waals surface area contributed by atoms with Crippen molar-refractivity contribution in [3.05, 3.63) is 152 Å². The minimum Gasteiger partial charge on any atom is -0.414 e. The van der Waals surface area contributed by atoms with Gasteiger partial charge in [0.25, 0.3) is 5.52 Å². The molecule has 9 heteroatoms. The summed E-state index contributed by atoms with van der Waals surface area (Å²) in [5.74, 6) is 1.03. The summed E-state index contributed by atoms with van der Waals surface area (Å²) in [4.78, 5) is 0. The Morgan fingerprint density at radius 3 is 0.925 bits per heavy atom. The molecule has 202 valence electrons. The molecule has 0 aliphatic rings. The summed E-state index contributed by atoms with van der Waals surface area (Å²) >= 11 is 0. The Morgan fingerprint density at radius 1 is 0.400 bits per heavy atom. The zero-order chi connectivity index (χ0) is 27.7. The Labute approximate surface area is 233 Å². The summed E-state index contributed by atoms with van der Waals surface area (Å²) in [5.41, 5.74) is -1.10. The number of nitrogens with one attached hydrogen (secondary N) is 1. The molecule has 0 aliphatic carbocycles. The van der Waals surface area contributed by atoms with Crippen LogP contribution in [0.3, 0.4) is 0 Å². The van der Waals surface area contributed by atoms with E-state index in [1.165, 1.54) is 0 Å². The molecule has 5 aromatic carbocycles. The van der Waals surface area contributed by atoms with E-state index in [9.17, 15) is 0 Å². The summed E-state index contributed by atoms with van der Waals surface area (Å²) < 4.78 is 54.5. The van der Waals surface area contributed by atoms with Gasteiger partial charge in [0, 0.05) is 5.69 Å². The fraction of sp³-hybridized carbons (Fsp3) is 0.0323. The molecule has 0 bridgehead atoms. The van der Waals surface area contributed by atoms with Gasteiger partial charge >= 0.3 is 15.2 Å². The quantitative estimate of drug-likeness (QED) is 0.150.